The molecule has 5 heterocycles. The first kappa shape index (κ1) is 31.7. The monoisotopic (exact) mass is 626 g/mol. The standard InChI is InChI=1S/C35H35ClN4O5/c1-18-13-22-14-27-21(4)35(25(36)11-12-41)32(40-27)16-29-20(3)24(8-10-34(43)45-6)31(39-29)17-30-23(7-9-33(42)44-5)19(2)28(38-30)15-26(18)37-22/h11-17,37,41H,7-10H2,1-6H3/b12-11-,22-14?,26-15?,29-16?,30-17?,35-25-. The number of fused-ring (bicyclic) bond motifs is 5. The predicted molar refractivity (Wildman–Crippen MR) is 177 cm³/mol. The molecule has 232 valence electrons. The summed E-state index contributed by atoms with van der Waals surface area (Å²) < 4.78 is 9.84. The van der Waals surface area contributed by atoms with Crippen LogP contribution in [0.3, 0.4) is 0 Å². The number of aliphatic hydroxyl groups excluding tert-OH is 1. The molecule has 0 unspecified atom stereocenters. The minimum absolute atomic E-state index is 0.179. The Morgan fingerprint density at radius 2 is 1.47 bits per heavy atom. The molecule has 4 aliphatic heterocycles. The van der Waals surface area contributed by atoms with Gasteiger partial charge >= 0.3 is 11.9 Å². The van der Waals surface area contributed by atoms with Gasteiger partial charge in [-0.3, -0.25) is 9.59 Å². The van der Waals surface area contributed by atoms with Gasteiger partial charge in [0.15, 0.2) is 0 Å². The van der Waals surface area contributed by atoms with E-state index in [0.29, 0.717) is 46.3 Å². The van der Waals surface area contributed by atoms with Gasteiger partial charge in [0.05, 0.1) is 59.7 Å². The second-order valence-corrected chi connectivity index (χ2v) is 11.5. The first-order valence-electron chi connectivity index (χ1n) is 14.6. The van der Waals surface area contributed by atoms with Gasteiger partial charge in [0, 0.05) is 29.1 Å². The second kappa shape index (κ2) is 13.1. The molecule has 4 aliphatic rings. The molecule has 0 saturated carbocycles. The zero-order chi connectivity index (χ0) is 32.4. The van der Waals surface area contributed by atoms with E-state index in [9.17, 15) is 14.7 Å². The van der Waals surface area contributed by atoms with Gasteiger partial charge in [-0.25, -0.2) is 15.0 Å². The van der Waals surface area contributed by atoms with Crippen LogP contribution in [0.2, 0.25) is 0 Å². The van der Waals surface area contributed by atoms with Gasteiger partial charge in [-0.15, -0.1) is 0 Å². The number of aromatic amines is 1. The molecule has 0 fully saturated rings. The zero-order valence-corrected chi connectivity index (χ0v) is 26.9. The van der Waals surface area contributed by atoms with Crippen molar-refractivity contribution in [3.8, 4) is 0 Å². The Morgan fingerprint density at radius 3 is 2.13 bits per heavy atom. The highest BCUT2D eigenvalue weighted by Crippen LogP contribution is 2.37. The quantitative estimate of drug-likeness (QED) is 0.309. The number of aryl methyl sites for hydroxylation is 1. The fourth-order valence-electron chi connectivity index (χ4n) is 5.72. The number of H-pyrrole nitrogens is 1. The summed E-state index contributed by atoms with van der Waals surface area (Å²) in [6.45, 7) is 7.93. The molecule has 0 aliphatic carbocycles. The largest absolute Gasteiger partial charge is 0.516 e. The van der Waals surface area contributed by atoms with E-state index >= 15 is 0 Å². The summed E-state index contributed by atoms with van der Waals surface area (Å²) in [5.41, 5.74) is 10.3. The molecule has 9 nitrogen and oxygen atoms in total. The van der Waals surface area contributed by atoms with Crippen molar-refractivity contribution in [3.05, 3.63) is 102 Å². The van der Waals surface area contributed by atoms with Crippen LogP contribution in [0, 0.1) is 6.92 Å². The van der Waals surface area contributed by atoms with Crippen molar-refractivity contribution in [1.82, 2.24) is 4.98 Å². The van der Waals surface area contributed by atoms with Gasteiger partial charge in [0.25, 0.3) is 0 Å². The average Bonchev–Trinajstić information content (AvgIpc) is 3.69. The highest BCUT2D eigenvalue weighted by molar-refractivity contribution is 6.36. The fraction of sp³-hybridized carbons (Fsp3) is 0.286. The van der Waals surface area contributed by atoms with Crippen molar-refractivity contribution in [2.45, 2.75) is 53.4 Å². The number of methoxy groups -OCH3 is 2. The third-order valence-corrected chi connectivity index (χ3v) is 8.61. The van der Waals surface area contributed by atoms with E-state index in [1.54, 1.807) is 0 Å². The van der Waals surface area contributed by atoms with Gasteiger partial charge in [0.2, 0.25) is 0 Å². The number of aromatic nitrogens is 1. The Morgan fingerprint density at radius 1 is 0.822 bits per heavy atom. The number of aliphatic imine (C=N–C) groups is 3. The van der Waals surface area contributed by atoms with Crippen molar-refractivity contribution in [3.63, 3.8) is 0 Å². The molecule has 0 atom stereocenters. The number of rotatable bonds is 7. The fourth-order valence-corrected chi connectivity index (χ4v) is 6.02. The SMILES string of the molecule is COC(=O)CCC1=C(C)C2=NC1=CC1=NC(=CC3=NC(=C(C)/C3=C(Cl)\C=C/O)C=c3cc(C)c([nH]3)=C2)C(C)=C1CCC(=O)OC. The summed E-state index contributed by atoms with van der Waals surface area (Å²) in [4.78, 5) is 42.8. The maximum atomic E-state index is 12.2. The minimum Gasteiger partial charge on any atom is -0.516 e. The molecule has 2 N–H and O–H groups in total. The lowest BCUT2D eigenvalue weighted by molar-refractivity contribution is -0.141. The number of carbonyl (C=O) groups is 2. The molecular weight excluding hydrogens is 592 g/mol. The van der Waals surface area contributed by atoms with Crippen molar-refractivity contribution in [2.75, 3.05) is 14.2 Å². The highest BCUT2D eigenvalue weighted by Gasteiger charge is 2.27. The molecule has 5 rings (SSSR count). The van der Waals surface area contributed by atoms with Crippen LogP contribution < -0.4 is 10.7 Å². The topological polar surface area (TPSA) is 126 Å². The van der Waals surface area contributed by atoms with Crippen LogP contribution in [-0.4, -0.2) is 53.4 Å². The first-order valence-corrected chi connectivity index (χ1v) is 15.0. The molecule has 8 bridgehead atoms. The predicted octanol–water partition coefficient (Wildman–Crippen LogP) is 5.41. The summed E-state index contributed by atoms with van der Waals surface area (Å²) in [6.07, 6.45) is 11.3. The second-order valence-electron chi connectivity index (χ2n) is 11.1. The number of allylic oxidation sites excluding steroid dienone is 11. The number of esters is 2. The van der Waals surface area contributed by atoms with E-state index in [4.69, 9.17) is 36.1 Å². The maximum Gasteiger partial charge on any atom is 0.305 e. The molecular formula is C35H35ClN4O5. The summed E-state index contributed by atoms with van der Waals surface area (Å²) in [7, 11) is 2.75. The van der Waals surface area contributed by atoms with Crippen molar-refractivity contribution in [1.29, 1.82) is 0 Å². The molecule has 1 aromatic rings. The lowest BCUT2D eigenvalue weighted by Gasteiger charge is -2.08. The number of hydrogen-bond acceptors (Lipinski definition) is 8. The van der Waals surface area contributed by atoms with Crippen LogP contribution in [0.25, 0.3) is 12.2 Å². The Bertz CT molecular complexity index is 1950. The van der Waals surface area contributed by atoms with Gasteiger partial charge in [-0.1, -0.05) is 11.6 Å². The summed E-state index contributed by atoms with van der Waals surface area (Å²) in [5.74, 6) is -0.625. The first-order chi connectivity index (χ1) is 21.5. The number of hydrogen-bond donors (Lipinski definition) is 2. The van der Waals surface area contributed by atoms with Gasteiger partial charge in [0.1, 0.15) is 0 Å². The van der Waals surface area contributed by atoms with Crippen LogP contribution in [0.15, 0.2) is 101 Å². The molecule has 0 radical (unpaired) electrons. The van der Waals surface area contributed by atoms with E-state index in [0.717, 1.165) is 61.8 Å². The molecule has 0 spiro atoms. The lowest BCUT2D eigenvalue weighted by atomic mass is 9.96. The molecule has 45 heavy (non-hydrogen) atoms. The van der Waals surface area contributed by atoms with Crippen molar-refractivity contribution < 1.29 is 24.2 Å². The Kier molecular flexibility index (Phi) is 9.20. The zero-order valence-electron chi connectivity index (χ0n) is 26.2. The summed E-state index contributed by atoms with van der Waals surface area (Å²) >= 11 is 6.67. The lowest BCUT2D eigenvalue weighted by Crippen LogP contribution is -2.13. The molecule has 0 amide bonds. The van der Waals surface area contributed by atoms with Crippen LogP contribution >= 0.6 is 11.6 Å². The number of aliphatic hydroxyl groups is 1. The summed E-state index contributed by atoms with van der Waals surface area (Å²) in [6, 6.07) is 2.05. The Hall–Kier alpha value is -4.76. The van der Waals surface area contributed by atoms with Gasteiger partial charge in [-0.05, 0) is 110 Å². The number of carbonyl (C=O) groups excluding carboxylic acids is 2. The van der Waals surface area contributed by atoms with Crippen molar-refractivity contribution in [2.24, 2.45) is 15.0 Å². The maximum absolute atomic E-state index is 12.2. The normalized spacial score (nSPS) is 18.8. The van der Waals surface area contributed by atoms with E-state index < -0.39 is 0 Å². The van der Waals surface area contributed by atoms with E-state index in [1.807, 2.05) is 58.1 Å². The molecule has 0 aromatic carbocycles. The van der Waals surface area contributed by atoms with Crippen LogP contribution in [0.4, 0.5) is 0 Å². The Balaban J connectivity index is 1.78. The number of ether oxygens (including phenoxy) is 2. The van der Waals surface area contributed by atoms with Crippen LogP contribution in [0.1, 0.15) is 52.0 Å². The minimum atomic E-state index is -0.322. The van der Waals surface area contributed by atoms with Gasteiger partial charge < -0.3 is 19.6 Å². The summed E-state index contributed by atoms with van der Waals surface area (Å²) in [5, 5.41) is 11.6. The number of nitrogens with zero attached hydrogens (tertiary/aromatic N) is 3. The van der Waals surface area contributed by atoms with Crippen molar-refractivity contribution >= 4 is 52.8 Å². The molecule has 0 saturated heterocycles. The van der Waals surface area contributed by atoms with Crippen LogP contribution in [-0.2, 0) is 19.1 Å². The highest BCUT2D eigenvalue weighted by atomic mass is 35.5. The molecule has 1 aromatic heterocycles. The van der Waals surface area contributed by atoms with Crippen LogP contribution in [0.5, 0.6) is 0 Å². The van der Waals surface area contributed by atoms with Gasteiger partial charge in [-0.2, -0.15) is 0 Å². The van der Waals surface area contributed by atoms with E-state index in [-0.39, 0.29) is 24.8 Å². The smallest absolute Gasteiger partial charge is 0.305 e. The number of halogens is 1. The third kappa shape index (κ3) is 6.40. The molecule has 10 heteroatoms. The van der Waals surface area contributed by atoms with E-state index in [2.05, 4.69) is 4.98 Å². The average molecular weight is 627 g/mol. The number of nitrogens with one attached hydrogen (secondary N) is 1. The Labute approximate surface area is 266 Å². The van der Waals surface area contributed by atoms with E-state index in [1.165, 1.54) is 20.3 Å². The third-order valence-electron chi connectivity index (χ3n) is 8.30.